The summed E-state index contributed by atoms with van der Waals surface area (Å²) in [6.45, 7) is 1.81. The smallest absolute Gasteiger partial charge is 0.253 e. The summed E-state index contributed by atoms with van der Waals surface area (Å²) in [5.74, 6) is 1.08. The number of piperidine rings is 1. The van der Waals surface area contributed by atoms with Crippen molar-refractivity contribution < 1.29 is 14.0 Å². The second-order valence-corrected chi connectivity index (χ2v) is 8.27. The normalized spacial score (nSPS) is 17.7. The number of hydrogen-bond donors (Lipinski definition) is 0. The van der Waals surface area contributed by atoms with Crippen LogP contribution >= 0.6 is 15.9 Å². The standard InChI is InChI=1S/C21H23BrN2O3/c22-17-5-3-15(4-6-17)20(25)23-11-9-16(10-12-23)21(26)24(18-7-8-18)14-19-2-1-13-27-19/h1-6,13,16,18H,7-12,14H2. The quantitative estimate of drug-likeness (QED) is 0.717. The Labute approximate surface area is 167 Å². The Morgan fingerprint density at radius 3 is 2.37 bits per heavy atom. The number of likely N-dealkylation sites (tertiary alicyclic amines) is 1. The van der Waals surface area contributed by atoms with Crippen LogP contribution in [0.2, 0.25) is 0 Å². The van der Waals surface area contributed by atoms with Crippen LogP contribution in [0.5, 0.6) is 0 Å². The van der Waals surface area contributed by atoms with Crippen molar-refractivity contribution >= 4 is 27.7 Å². The third kappa shape index (κ3) is 4.26. The molecule has 2 aliphatic rings. The SMILES string of the molecule is O=C(c1ccc(Br)cc1)N1CCC(C(=O)N(Cc2ccco2)C2CC2)CC1. The number of halogens is 1. The predicted molar refractivity (Wildman–Crippen MR) is 105 cm³/mol. The first-order valence-corrected chi connectivity index (χ1v) is 10.3. The van der Waals surface area contributed by atoms with Crippen LogP contribution in [-0.4, -0.2) is 40.7 Å². The summed E-state index contributed by atoms with van der Waals surface area (Å²) in [4.78, 5) is 29.6. The van der Waals surface area contributed by atoms with E-state index in [1.54, 1.807) is 6.26 Å². The summed E-state index contributed by atoms with van der Waals surface area (Å²) in [7, 11) is 0. The van der Waals surface area contributed by atoms with Gasteiger partial charge in [0.2, 0.25) is 5.91 Å². The molecule has 2 aromatic rings. The first kappa shape index (κ1) is 18.3. The predicted octanol–water partition coefficient (Wildman–Crippen LogP) is 4.09. The lowest BCUT2D eigenvalue weighted by atomic mass is 9.94. The molecule has 6 heteroatoms. The number of benzene rings is 1. The van der Waals surface area contributed by atoms with Crippen LogP contribution in [0, 0.1) is 5.92 Å². The Hall–Kier alpha value is -2.08. The van der Waals surface area contributed by atoms with Crippen molar-refractivity contribution in [2.45, 2.75) is 38.3 Å². The molecular weight excluding hydrogens is 408 g/mol. The van der Waals surface area contributed by atoms with Gasteiger partial charge in [-0.2, -0.15) is 0 Å². The first-order valence-electron chi connectivity index (χ1n) is 9.49. The maximum atomic E-state index is 13.1. The van der Waals surface area contributed by atoms with Gasteiger partial charge < -0.3 is 14.2 Å². The average molecular weight is 431 g/mol. The Kier molecular flexibility index (Phi) is 5.34. The number of amides is 2. The summed E-state index contributed by atoms with van der Waals surface area (Å²) in [6.07, 6.45) is 5.25. The second kappa shape index (κ2) is 7.89. The molecule has 2 amide bonds. The maximum Gasteiger partial charge on any atom is 0.253 e. The van der Waals surface area contributed by atoms with Gasteiger partial charge in [-0.1, -0.05) is 15.9 Å². The van der Waals surface area contributed by atoms with Gasteiger partial charge in [0.15, 0.2) is 0 Å². The minimum absolute atomic E-state index is 0.00506. The van der Waals surface area contributed by atoms with Crippen LogP contribution in [0.25, 0.3) is 0 Å². The van der Waals surface area contributed by atoms with Gasteiger partial charge in [0, 0.05) is 35.1 Å². The maximum absolute atomic E-state index is 13.1. The van der Waals surface area contributed by atoms with Gasteiger partial charge in [0.1, 0.15) is 5.76 Å². The zero-order chi connectivity index (χ0) is 18.8. The summed E-state index contributed by atoms with van der Waals surface area (Å²) in [6, 6.07) is 11.6. The molecule has 142 valence electrons. The molecule has 5 nitrogen and oxygen atoms in total. The Morgan fingerprint density at radius 2 is 1.78 bits per heavy atom. The molecule has 0 unspecified atom stereocenters. The van der Waals surface area contributed by atoms with E-state index >= 15 is 0 Å². The molecular formula is C21H23BrN2O3. The summed E-state index contributed by atoms with van der Waals surface area (Å²) in [5, 5.41) is 0. The second-order valence-electron chi connectivity index (χ2n) is 7.35. The van der Waals surface area contributed by atoms with E-state index in [9.17, 15) is 9.59 Å². The van der Waals surface area contributed by atoms with Crippen molar-refractivity contribution in [1.29, 1.82) is 0 Å². The van der Waals surface area contributed by atoms with Gasteiger partial charge in [0.25, 0.3) is 5.91 Å². The minimum Gasteiger partial charge on any atom is -0.467 e. The lowest BCUT2D eigenvalue weighted by molar-refractivity contribution is -0.138. The fourth-order valence-corrected chi connectivity index (χ4v) is 3.95. The molecule has 0 bridgehead atoms. The van der Waals surface area contributed by atoms with Crippen molar-refractivity contribution in [3.05, 3.63) is 58.5 Å². The highest BCUT2D eigenvalue weighted by molar-refractivity contribution is 9.10. The van der Waals surface area contributed by atoms with Crippen LogP contribution in [0.1, 0.15) is 41.8 Å². The van der Waals surface area contributed by atoms with E-state index in [1.165, 1.54) is 0 Å². The number of hydrogen-bond acceptors (Lipinski definition) is 3. The monoisotopic (exact) mass is 430 g/mol. The van der Waals surface area contributed by atoms with Crippen LogP contribution in [-0.2, 0) is 11.3 Å². The number of nitrogens with zero attached hydrogens (tertiary/aromatic N) is 2. The summed E-state index contributed by atoms with van der Waals surface area (Å²) >= 11 is 3.39. The summed E-state index contributed by atoms with van der Waals surface area (Å²) in [5.41, 5.74) is 0.695. The molecule has 0 N–H and O–H groups in total. The van der Waals surface area contributed by atoms with Gasteiger partial charge in [-0.05, 0) is 62.1 Å². The van der Waals surface area contributed by atoms with Crippen molar-refractivity contribution in [3.8, 4) is 0 Å². The molecule has 0 atom stereocenters. The molecule has 1 aromatic carbocycles. The van der Waals surface area contributed by atoms with E-state index in [1.807, 2.05) is 46.2 Å². The molecule has 27 heavy (non-hydrogen) atoms. The van der Waals surface area contributed by atoms with Gasteiger partial charge >= 0.3 is 0 Å². The van der Waals surface area contributed by atoms with E-state index in [4.69, 9.17) is 4.42 Å². The topological polar surface area (TPSA) is 53.8 Å². The lowest BCUT2D eigenvalue weighted by Gasteiger charge is -2.34. The Morgan fingerprint density at radius 1 is 1.07 bits per heavy atom. The van der Waals surface area contributed by atoms with Gasteiger partial charge in [-0.15, -0.1) is 0 Å². The van der Waals surface area contributed by atoms with E-state index in [2.05, 4.69) is 15.9 Å². The van der Waals surface area contributed by atoms with E-state index in [-0.39, 0.29) is 17.7 Å². The lowest BCUT2D eigenvalue weighted by Crippen LogP contribution is -2.44. The van der Waals surface area contributed by atoms with Crippen LogP contribution in [0.15, 0.2) is 51.6 Å². The minimum atomic E-state index is -0.00506. The fourth-order valence-electron chi connectivity index (χ4n) is 3.68. The van der Waals surface area contributed by atoms with Crippen molar-refractivity contribution in [1.82, 2.24) is 9.80 Å². The summed E-state index contributed by atoms with van der Waals surface area (Å²) < 4.78 is 6.39. The van der Waals surface area contributed by atoms with Crippen molar-refractivity contribution in [2.24, 2.45) is 5.92 Å². The number of furan rings is 1. The molecule has 0 spiro atoms. The zero-order valence-electron chi connectivity index (χ0n) is 15.1. The van der Waals surface area contributed by atoms with Crippen LogP contribution in [0.4, 0.5) is 0 Å². The highest BCUT2D eigenvalue weighted by atomic mass is 79.9. The van der Waals surface area contributed by atoms with Gasteiger partial charge in [0.05, 0.1) is 12.8 Å². The number of rotatable bonds is 5. The molecule has 1 saturated carbocycles. The Bertz CT molecular complexity index is 791. The largest absolute Gasteiger partial charge is 0.467 e. The molecule has 1 saturated heterocycles. The van der Waals surface area contributed by atoms with Crippen molar-refractivity contribution in [2.75, 3.05) is 13.1 Å². The highest BCUT2D eigenvalue weighted by Gasteiger charge is 2.37. The molecule has 4 rings (SSSR count). The molecule has 1 aliphatic carbocycles. The molecule has 1 aliphatic heterocycles. The molecule has 0 radical (unpaired) electrons. The molecule has 2 fully saturated rings. The van der Waals surface area contributed by atoms with E-state index in [0.717, 1.165) is 35.9 Å². The third-order valence-electron chi connectivity index (χ3n) is 5.40. The van der Waals surface area contributed by atoms with Crippen LogP contribution < -0.4 is 0 Å². The third-order valence-corrected chi connectivity index (χ3v) is 5.93. The molecule has 2 heterocycles. The fraction of sp³-hybridized carbons (Fsp3) is 0.429. The van der Waals surface area contributed by atoms with Gasteiger partial charge in [-0.25, -0.2) is 0 Å². The number of carbonyl (C=O) groups is 2. The first-order chi connectivity index (χ1) is 13.1. The molecule has 1 aromatic heterocycles. The Balaban J connectivity index is 1.35. The van der Waals surface area contributed by atoms with Crippen LogP contribution in [0.3, 0.4) is 0 Å². The zero-order valence-corrected chi connectivity index (χ0v) is 16.7. The average Bonchev–Trinajstić information content (AvgIpc) is 3.41. The number of carbonyl (C=O) groups excluding carboxylic acids is 2. The highest BCUT2D eigenvalue weighted by Crippen LogP contribution is 2.32. The van der Waals surface area contributed by atoms with E-state index in [0.29, 0.717) is 31.2 Å². The van der Waals surface area contributed by atoms with Crippen molar-refractivity contribution in [3.63, 3.8) is 0 Å². The van der Waals surface area contributed by atoms with E-state index < -0.39 is 0 Å². The van der Waals surface area contributed by atoms with Gasteiger partial charge in [-0.3, -0.25) is 9.59 Å².